The summed E-state index contributed by atoms with van der Waals surface area (Å²) in [5.41, 5.74) is 2.18. The Morgan fingerprint density at radius 2 is 2.00 bits per heavy atom. The van der Waals surface area contributed by atoms with Gasteiger partial charge in [-0.05, 0) is 42.7 Å². The Kier molecular flexibility index (Phi) is 5.09. The van der Waals surface area contributed by atoms with E-state index in [4.69, 9.17) is 14.7 Å². The average Bonchev–Trinajstić information content (AvgIpc) is 3.19. The highest BCUT2D eigenvalue weighted by molar-refractivity contribution is 7.98. The fraction of sp³-hybridized carbons (Fsp3) is 0.316. The van der Waals surface area contributed by atoms with Gasteiger partial charge in [0.2, 0.25) is 0 Å². The van der Waals surface area contributed by atoms with Gasteiger partial charge in [-0.2, -0.15) is 0 Å². The summed E-state index contributed by atoms with van der Waals surface area (Å²) in [4.78, 5) is 13.5. The van der Waals surface area contributed by atoms with Crippen LogP contribution in [0.25, 0.3) is 10.9 Å². The number of nitrogens with one attached hydrogen (secondary N) is 1. The Hall–Kier alpha value is -2.18. The molecule has 128 valence electrons. The zero-order valence-corrected chi connectivity index (χ0v) is 14.7. The molecular weight excluding hydrogens is 332 g/mol. The second kappa shape index (κ2) is 7.80. The highest BCUT2D eigenvalue weighted by Crippen LogP contribution is 2.26. The Labute approximate surface area is 151 Å². The van der Waals surface area contributed by atoms with Crippen molar-refractivity contribution in [2.45, 2.75) is 29.9 Å². The minimum atomic E-state index is 0.279. The molecule has 5 nitrogen and oxygen atoms in total. The summed E-state index contributed by atoms with van der Waals surface area (Å²) >= 11 is 1.64. The third-order valence-electron chi connectivity index (χ3n) is 4.22. The van der Waals surface area contributed by atoms with Crippen molar-refractivity contribution < 1.29 is 4.74 Å². The van der Waals surface area contributed by atoms with Crippen LogP contribution in [0.3, 0.4) is 0 Å². The van der Waals surface area contributed by atoms with Gasteiger partial charge in [-0.3, -0.25) is 4.98 Å². The lowest BCUT2D eigenvalue weighted by molar-refractivity contribution is 0.120. The van der Waals surface area contributed by atoms with Crippen LogP contribution in [-0.2, 0) is 10.5 Å². The van der Waals surface area contributed by atoms with Crippen molar-refractivity contribution in [3.8, 4) is 0 Å². The van der Waals surface area contributed by atoms with E-state index in [1.54, 1.807) is 11.8 Å². The molecule has 1 atom stereocenters. The predicted molar refractivity (Wildman–Crippen MR) is 101 cm³/mol. The Morgan fingerprint density at radius 1 is 1.12 bits per heavy atom. The molecule has 1 fully saturated rings. The summed E-state index contributed by atoms with van der Waals surface area (Å²) in [6, 6.07) is 12.2. The minimum absolute atomic E-state index is 0.279. The molecule has 1 aliphatic heterocycles. The minimum Gasteiger partial charge on any atom is -0.376 e. The maximum Gasteiger partial charge on any atom is 0.190 e. The van der Waals surface area contributed by atoms with Gasteiger partial charge < -0.3 is 10.1 Å². The van der Waals surface area contributed by atoms with E-state index in [0.29, 0.717) is 0 Å². The van der Waals surface area contributed by atoms with Crippen LogP contribution in [0.2, 0.25) is 0 Å². The van der Waals surface area contributed by atoms with Gasteiger partial charge in [-0.1, -0.05) is 23.9 Å². The molecule has 0 radical (unpaired) electrons. The number of thioether (sulfide) groups is 1. The van der Waals surface area contributed by atoms with Crippen molar-refractivity contribution in [1.82, 2.24) is 15.0 Å². The molecular formula is C19H20N4OS. The van der Waals surface area contributed by atoms with Crippen LogP contribution in [0.15, 0.2) is 53.9 Å². The number of rotatable bonds is 6. The molecule has 1 N–H and O–H groups in total. The van der Waals surface area contributed by atoms with Crippen LogP contribution in [0.1, 0.15) is 18.4 Å². The van der Waals surface area contributed by atoms with E-state index in [0.717, 1.165) is 53.6 Å². The normalized spacial score (nSPS) is 17.0. The van der Waals surface area contributed by atoms with Gasteiger partial charge in [-0.15, -0.1) is 0 Å². The first kappa shape index (κ1) is 16.3. The molecule has 0 bridgehead atoms. The van der Waals surface area contributed by atoms with Gasteiger partial charge >= 0.3 is 0 Å². The molecule has 1 aromatic carbocycles. The third-order valence-corrected chi connectivity index (χ3v) is 5.14. The molecule has 1 aliphatic rings. The molecule has 3 aromatic rings. The van der Waals surface area contributed by atoms with Gasteiger partial charge in [0, 0.05) is 36.7 Å². The van der Waals surface area contributed by atoms with Gasteiger partial charge in [-0.25, -0.2) is 9.97 Å². The molecule has 0 amide bonds. The summed E-state index contributed by atoms with van der Waals surface area (Å²) in [5, 5.41) is 5.30. The van der Waals surface area contributed by atoms with E-state index in [1.165, 1.54) is 5.56 Å². The van der Waals surface area contributed by atoms with Gasteiger partial charge in [0.25, 0.3) is 0 Å². The number of benzene rings is 1. The molecule has 1 saturated heterocycles. The summed E-state index contributed by atoms with van der Waals surface area (Å²) < 4.78 is 5.71. The molecule has 0 aliphatic carbocycles. The van der Waals surface area contributed by atoms with E-state index in [2.05, 4.69) is 16.4 Å². The molecule has 2 aromatic heterocycles. The second-order valence-electron chi connectivity index (χ2n) is 6.03. The van der Waals surface area contributed by atoms with Gasteiger partial charge in [0.05, 0.1) is 11.6 Å². The number of fused-ring (bicyclic) bond motifs is 1. The van der Waals surface area contributed by atoms with Crippen LogP contribution in [0.5, 0.6) is 0 Å². The quantitative estimate of drug-likeness (QED) is 0.536. The van der Waals surface area contributed by atoms with Crippen molar-refractivity contribution in [2.24, 2.45) is 0 Å². The molecule has 0 saturated carbocycles. The lowest BCUT2D eigenvalue weighted by Gasteiger charge is -2.14. The van der Waals surface area contributed by atoms with E-state index < -0.39 is 0 Å². The van der Waals surface area contributed by atoms with Crippen molar-refractivity contribution in [3.63, 3.8) is 0 Å². The largest absolute Gasteiger partial charge is 0.376 e. The first-order valence-electron chi connectivity index (χ1n) is 8.52. The predicted octanol–water partition coefficient (Wildman–Crippen LogP) is 3.91. The average molecular weight is 352 g/mol. The highest BCUT2D eigenvalue weighted by atomic mass is 32.2. The highest BCUT2D eigenvalue weighted by Gasteiger charge is 2.16. The first-order valence-corrected chi connectivity index (χ1v) is 9.51. The van der Waals surface area contributed by atoms with Crippen LogP contribution >= 0.6 is 11.8 Å². The Morgan fingerprint density at radius 3 is 2.84 bits per heavy atom. The number of aromatic nitrogens is 3. The van der Waals surface area contributed by atoms with Crippen molar-refractivity contribution in [2.75, 3.05) is 18.5 Å². The lowest BCUT2D eigenvalue weighted by Crippen LogP contribution is -2.19. The van der Waals surface area contributed by atoms with Gasteiger partial charge in [0.1, 0.15) is 5.82 Å². The zero-order chi connectivity index (χ0) is 16.9. The van der Waals surface area contributed by atoms with E-state index in [9.17, 15) is 0 Å². The number of ether oxygens (including phenoxy) is 1. The molecule has 6 heteroatoms. The lowest BCUT2D eigenvalue weighted by atomic mass is 10.2. The number of pyridine rings is 1. The monoisotopic (exact) mass is 352 g/mol. The summed E-state index contributed by atoms with van der Waals surface area (Å²) in [6.45, 7) is 1.65. The SMILES string of the molecule is c1ccc2c(NCC3CCCO3)nc(SCc3ccncc3)nc2c1. The first-order chi connectivity index (χ1) is 12.4. The number of anilines is 1. The van der Waals surface area contributed by atoms with E-state index in [-0.39, 0.29) is 6.10 Å². The molecule has 1 unspecified atom stereocenters. The Balaban J connectivity index is 1.54. The molecule has 25 heavy (non-hydrogen) atoms. The zero-order valence-electron chi connectivity index (χ0n) is 13.9. The fourth-order valence-corrected chi connectivity index (χ4v) is 3.70. The second-order valence-corrected chi connectivity index (χ2v) is 6.97. The topological polar surface area (TPSA) is 59.9 Å². The van der Waals surface area contributed by atoms with Gasteiger partial charge in [0.15, 0.2) is 5.16 Å². The van der Waals surface area contributed by atoms with Crippen molar-refractivity contribution in [3.05, 3.63) is 54.4 Å². The number of hydrogen-bond donors (Lipinski definition) is 1. The summed E-state index contributed by atoms with van der Waals surface area (Å²) in [6.07, 6.45) is 6.16. The summed E-state index contributed by atoms with van der Waals surface area (Å²) in [7, 11) is 0. The maximum atomic E-state index is 5.71. The van der Waals surface area contributed by atoms with Crippen molar-refractivity contribution in [1.29, 1.82) is 0 Å². The van der Waals surface area contributed by atoms with Crippen LogP contribution in [0.4, 0.5) is 5.82 Å². The molecule has 3 heterocycles. The number of para-hydroxylation sites is 1. The van der Waals surface area contributed by atoms with Crippen LogP contribution in [-0.4, -0.2) is 34.2 Å². The molecule has 0 spiro atoms. The summed E-state index contributed by atoms with van der Waals surface area (Å²) in [5.74, 6) is 1.71. The van der Waals surface area contributed by atoms with E-state index in [1.807, 2.05) is 42.7 Å². The van der Waals surface area contributed by atoms with Crippen molar-refractivity contribution >= 4 is 28.5 Å². The standard InChI is InChI=1S/C19H20N4OS/c1-2-6-17-16(5-1)18(21-12-15-4-3-11-24-15)23-19(22-17)25-13-14-7-9-20-10-8-14/h1-2,5-10,15H,3-4,11-13H2,(H,21,22,23). The molecule has 4 rings (SSSR count). The van der Waals surface area contributed by atoms with E-state index >= 15 is 0 Å². The number of nitrogens with zero attached hydrogens (tertiary/aromatic N) is 3. The van der Waals surface area contributed by atoms with Crippen LogP contribution < -0.4 is 5.32 Å². The fourth-order valence-electron chi connectivity index (χ4n) is 2.90. The maximum absolute atomic E-state index is 5.71. The Bertz CT molecular complexity index is 837. The van der Waals surface area contributed by atoms with Crippen LogP contribution in [0, 0.1) is 0 Å². The number of hydrogen-bond acceptors (Lipinski definition) is 6. The smallest absolute Gasteiger partial charge is 0.190 e. The third kappa shape index (κ3) is 4.08.